The Morgan fingerprint density at radius 2 is 2.31 bits per heavy atom. The number of hydrogen-bond donors (Lipinski definition) is 2. The lowest BCUT2D eigenvalue weighted by Gasteiger charge is -2.33. The zero-order chi connectivity index (χ0) is 12.0. The molecular weight excluding hydrogens is 204 g/mol. The fraction of sp³-hybridized carbons (Fsp3) is 0.917. The van der Waals surface area contributed by atoms with E-state index in [1.165, 1.54) is 0 Å². The molecule has 0 aromatic carbocycles. The zero-order valence-electron chi connectivity index (χ0n) is 10.4. The second kappa shape index (κ2) is 6.86. The van der Waals surface area contributed by atoms with E-state index in [-0.39, 0.29) is 6.42 Å². The Balaban J connectivity index is 2.55. The number of nitrogens with one attached hydrogen (secondary N) is 1. The van der Waals surface area contributed by atoms with Crippen LogP contribution in [0.5, 0.6) is 0 Å². The maximum Gasteiger partial charge on any atom is 0.303 e. The van der Waals surface area contributed by atoms with Gasteiger partial charge in [-0.05, 0) is 39.3 Å². The normalized spacial score (nSPS) is 27.6. The largest absolute Gasteiger partial charge is 0.481 e. The van der Waals surface area contributed by atoms with E-state index >= 15 is 0 Å². The molecule has 0 radical (unpaired) electrons. The molecule has 0 aromatic heterocycles. The molecule has 1 fully saturated rings. The minimum absolute atomic E-state index is 0.277. The van der Waals surface area contributed by atoms with E-state index in [0.29, 0.717) is 12.1 Å². The van der Waals surface area contributed by atoms with Gasteiger partial charge in [0, 0.05) is 25.0 Å². The molecule has 1 aliphatic heterocycles. The van der Waals surface area contributed by atoms with E-state index in [0.717, 1.165) is 38.9 Å². The van der Waals surface area contributed by atoms with Crippen LogP contribution in [0, 0.1) is 0 Å². The zero-order valence-corrected chi connectivity index (χ0v) is 10.4. The summed E-state index contributed by atoms with van der Waals surface area (Å²) < 4.78 is 0. The van der Waals surface area contributed by atoms with Crippen molar-refractivity contribution in [2.24, 2.45) is 0 Å². The van der Waals surface area contributed by atoms with E-state index in [1.807, 2.05) is 0 Å². The van der Waals surface area contributed by atoms with Gasteiger partial charge in [0.05, 0.1) is 0 Å². The first-order chi connectivity index (χ1) is 7.65. The molecule has 0 saturated carbocycles. The molecule has 1 aliphatic rings. The Kier molecular flexibility index (Phi) is 5.77. The van der Waals surface area contributed by atoms with Crippen LogP contribution >= 0.6 is 0 Å². The minimum Gasteiger partial charge on any atom is -0.481 e. The standard InChI is InChI=1S/C12H24N2O2/c1-3-8-14-10(2)6-7-13-9-11(14)4-5-12(15)16/h10-11,13H,3-9H2,1-2H3,(H,15,16). The van der Waals surface area contributed by atoms with E-state index < -0.39 is 5.97 Å². The number of nitrogens with zero attached hydrogens (tertiary/aromatic N) is 1. The smallest absolute Gasteiger partial charge is 0.303 e. The molecule has 4 heteroatoms. The Labute approximate surface area is 98.0 Å². The maximum absolute atomic E-state index is 10.6. The number of carboxylic acids is 1. The predicted octanol–water partition coefficient (Wildman–Crippen LogP) is 1.31. The summed E-state index contributed by atoms with van der Waals surface area (Å²) in [6.45, 7) is 7.48. The quantitative estimate of drug-likeness (QED) is 0.745. The fourth-order valence-electron chi connectivity index (χ4n) is 2.44. The Hall–Kier alpha value is -0.610. The van der Waals surface area contributed by atoms with Gasteiger partial charge in [0.1, 0.15) is 0 Å². The lowest BCUT2D eigenvalue weighted by atomic mass is 10.1. The predicted molar refractivity (Wildman–Crippen MR) is 64.6 cm³/mol. The van der Waals surface area contributed by atoms with Crippen molar-refractivity contribution in [1.82, 2.24) is 10.2 Å². The van der Waals surface area contributed by atoms with Crippen LogP contribution in [-0.4, -0.2) is 47.7 Å². The molecular formula is C12H24N2O2. The van der Waals surface area contributed by atoms with Crippen LogP contribution < -0.4 is 5.32 Å². The van der Waals surface area contributed by atoms with Gasteiger partial charge in [0.25, 0.3) is 0 Å². The van der Waals surface area contributed by atoms with Gasteiger partial charge in [-0.15, -0.1) is 0 Å². The van der Waals surface area contributed by atoms with Crippen LogP contribution in [0.2, 0.25) is 0 Å². The monoisotopic (exact) mass is 228 g/mol. The van der Waals surface area contributed by atoms with Crippen LogP contribution in [0.1, 0.15) is 39.5 Å². The van der Waals surface area contributed by atoms with Gasteiger partial charge >= 0.3 is 5.97 Å². The third kappa shape index (κ3) is 4.10. The van der Waals surface area contributed by atoms with Gasteiger partial charge in [0.2, 0.25) is 0 Å². The van der Waals surface area contributed by atoms with E-state index in [2.05, 4.69) is 24.1 Å². The molecule has 94 valence electrons. The lowest BCUT2D eigenvalue weighted by molar-refractivity contribution is -0.137. The summed E-state index contributed by atoms with van der Waals surface area (Å²) in [4.78, 5) is 13.1. The molecule has 2 atom stereocenters. The van der Waals surface area contributed by atoms with Crippen molar-refractivity contribution in [3.05, 3.63) is 0 Å². The molecule has 0 aliphatic carbocycles. The van der Waals surface area contributed by atoms with Gasteiger partial charge in [-0.3, -0.25) is 9.69 Å². The van der Waals surface area contributed by atoms with Crippen LogP contribution in [0.4, 0.5) is 0 Å². The number of carbonyl (C=O) groups is 1. The van der Waals surface area contributed by atoms with Gasteiger partial charge in [0.15, 0.2) is 0 Å². The maximum atomic E-state index is 10.6. The fourth-order valence-corrected chi connectivity index (χ4v) is 2.44. The van der Waals surface area contributed by atoms with Crippen molar-refractivity contribution in [1.29, 1.82) is 0 Å². The first kappa shape index (κ1) is 13.5. The second-order valence-electron chi connectivity index (χ2n) is 4.67. The summed E-state index contributed by atoms with van der Waals surface area (Å²) in [6, 6.07) is 0.947. The summed E-state index contributed by atoms with van der Waals surface area (Å²) in [5.74, 6) is -0.687. The Bertz CT molecular complexity index is 221. The average Bonchev–Trinajstić information content (AvgIpc) is 2.40. The molecule has 2 unspecified atom stereocenters. The van der Waals surface area contributed by atoms with Crippen LogP contribution in [0.25, 0.3) is 0 Å². The van der Waals surface area contributed by atoms with E-state index in [9.17, 15) is 4.79 Å². The lowest BCUT2D eigenvalue weighted by Crippen LogP contribution is -2.44. The van der Waals surface area contributed by atoms with Crippen molar-refractivity contribution in [3.63, 3.8) is 0 Å². The van der Waals surface area contributed by atoms with E-state index in [4.69, 9.17) is 5.11 Å². The Morgan fingerprint density at radius 3 is 2.94 bits per heavy atom. The highest BCUT2D eigenvalue weighted by Gasteiger charge is 2.25. The van der Waals surface area contributed by atoms with Crippen molar-refractivity contribution >= 4 is 5.97 Å². The number of rotatable bonds is 5. The molecule has 0 aromatic rings. The molecule has 1 saturated heterocycles. The van der Waals surface area contributed by atoms with Crippen LogP contribution in [0.15, 0.2) is 0 Å². The summed E-state index contributed by atoms with van der Waals surface area (Å²) in [5.41, 5.74) is 0. The van der Waals surface area contributed by atoms with Gasteiger partial charge in [-0.25, -0.2) is 0 Å². The molecule has 0 amide bonds. The second-order valence-corrected chi connectivity index (χ2v) is 4.67. The van der Waals surface area contributed by atoms with Gasteiger partial charge in [-0.1, -0.05) is 6.92 Å². The SMILES string of the molecule is CCCN1C(C)CCNCC1CCC(=O)O. The molecule has 0 spiro atoms. The van der Waals surface area contributed by atoms with Gasteiger partial charge in [-0.2, -0.15) is 0 Å². The number of carboxylic acid groups (broad SMARTS) is 1. The van der Waals surface area contributed by atoms with Crippen LogP contribution in [0.3, 0.4) is 0 Å². The van der Waals surface area contributed by atoms with Crippen molar-refractivity contribution in [3.8, 4) is 0 Å². The molecule has 2 N–H and O–H groups in total. The summed E-state index contributed by atoms with van der Waals surface area (Å²) in [5, 5.41) is 12.2. The van der Waals surface area contributed by atoms with Crippen LogP contribution in [-0.2, 0) is 4.79 Å². The van der Waals surface area contributed by atoms with Crippen molar-refractivity contribution in [2.45, 2.75) is 51.6 Å². The molecule has 1 rings (SSSR count). The molecule has 0 bridgehead atoms. The molecule has 4 nitrogen and oxygen atoms in total. The number of aliphatic carboxylic acids is 1. The highest BCUT2D eigenvalue weighted by atomic mass is 16.4. The molecule has 16 heavy (non-hydrogen) atoms. The first-order valence-electron chi connectivity index (χ1n) is 6.33. The van der Waals surface area contributed by atoms with Crippen molar-refractivity contribution < 1.29 is 9.90 Å². The minimum atomic E-state index is -0.687. The van der Waals surface area contributed by atoms with Crippen molar-refractivity contribution in [2.75, 3.05) is 19.6 Å². The summed E-state index contributed by atoms with van der Waals surface area (Å²) in [7, 11) is 0. The van der Waals surface area contributed by atoms with E-state index in [1.54, 1.807) is 0 Å². The van der Waals surface area contributed by atoms with Gasteiger partial charge < -0.3 is 10.4 Å². The summed E-state index contributed by atoms with van der Waals surface area (Å²) in [6.07, 6.45) is 3.32. The highest BCUT2D eigenvalue weighted by molar-refractivity contribution is 5.66. The first-order valence-corrected chi connectivity index (χ1v) is 6.33. The Morgan fingerprint density at radius 1 is 1.56 bits per heavy atom. The topological polar surface area (TPSA) is 52.6 Å². The average molecular weight is 228 g/mol. The third-order valence-electron chi connectivity index (χ3n) is 3.33. The highest BCUT2D eigenvalue weighted by Crippen LogP contribution is 2.16. The molecule has 1 heterocycles. The third-order valence-corrected chi connectivity index (χ3v) is 3.33. The summed E-state index contributed by atoms with van der Waals surface area (Å²) >= 11 is 0. The number of hydrogen-bond acceptors (Lipinski definition) is 3.